The number of nitrogens with one attached hydrogen (secondary N) is 2. The van der Waals surface area contributed by atoms with E-state index in [9.17, 15) is 4.79 Å². The highest BCUT2D eigenvalue weighted by atomic mass is 35.5. The van der Waals surface area contributed by atoms with Crippen molar-refractivity contribution >= 4 is 34.8 Å². The van der Waals surface area contributed by atoms with Crippen LogP contribution in [0.3, 0.4) is 0 Å². The summed E-state index contributed by atoms with van der Waals surface area (Å²) in [5.74, 6) is 1.10. The van der Waals surface area contributed by atoms with Crippen molar-refractivity contribution in [3.05, 3.63) is 77.7 Å². The molecule has 1 aromatic carbocycles. The molecule has 0 fully saturated rings. The Morgan fingerprint density at radius 2 is 2.03 bits per heavy atom. The summed E-state index contributed by atoms with van der Waals surface area (Å²) < 4.78 is 1.98. The van der Waals surface area contributed by atoms with Gasteiger partial charge >= 0.3 is 0 Å². The summed E-state index contributed by atoms with van der Waals surface area (Å²) >= 11 is 6.25. The van der Waals surface area contributed by atoms with Gasteiger partial charge in [0, 0.05) is 77.9 Å². The molecule has 33 heavy (non-hydrogen) atoms. The van der Waals surface area contributed by atoms with Crippen molar-refractivity contribution in [1.29, 1.82) is 0 Å². The average Bonchev–Trinajstić information content (AvgIpc) is 3.35. The van der Waals surface area contributed by atoms with Crippen molar-refractivity contribution in [2.24, 2.45) is 0 Å². The van der Waals surface area contributed by atoms with Gasteiger partial charge in [0.2, 0.25) is 5.95 Å². The maximum atomic E-state index is 12.2. The number of aryl methyl sites for hydroxylation is 1. The van der Waals surface area contributed by atoms with Gasteiger partial charge in [-0.1, -0.05) is 24.6 Å². The Balaban J connectivity index is 1.64. The van der Waals surface area contributed by atoms with Crippen molar-refractivity contribution in [2.75, 3.05) is 17.2 Å². The lowest BCUT2D eigenvalue weighted by Crippen LogP contribution is -2.12. The summed E-state index contributed by atoms with van der Waals surface area (Å²) in [6, 6.07) is 7.52. The fourth-order valence-corrected chi connectivity index (χ4v) is 3.43. The standard InChI is InChI=1S/C24H24ClN7O/c1-3-22(33)18-10-17(12-27-13-18)20-14-29-24(30-19-5-4-16(2)21(25)11-19)31-23(20)28-7-9-32-8-6-26-15-32/h4-6,8,10-15H,3,7,9H2,1-2H3,(H2,28,29,30,31). The summed E-state index contributed by atoms with van der Waals surface area (Å²) in [5, 5.41) is 7.25. The van der Waals surface area contributed by atoms with E-state index in [-0.39, 0.29) is 5.78 Å². The first-order chi connectivity index (χ1) is 16.0. The Bertz CT molecular complexity index is 1260. The van der Waals surface area contributed by atoms with E-state index in [0.29, 0.717) is 41.9 Å². The number of halogens is 1. The van der Waals surface area contributed by atoms with Gasteiger partial charge in [-0.05, 0) is 30.7 Å². The molecule has 0 aliphatic carbocycles. The molecule has 0 spiro atoms. The summed E-state index contributed by atoms with van der Waals surface area (Å²) in [4.78, 5) is 29.7. The molecule has 3 aromatic heterocycles. The zero-order valence-corrected chi connectivity index (χ0v) is 19.2. The molecule has 0 atom stereocenters. The van der Waals surface area contributed by atoms with Crippen LogP contribution in [0.5, 0.6) is 0 Å². The third kappa shape index (κ3) is 5.53. The predicted octanol–water partition coefficient (Wildman–Crippen LogP) is 5.15. The number of benzene rings is 1. The first-order valence-electron chi connectivity index (χ1n) is 10.6. The molecule has 0 aliphatic heterocycles. The fourth-order valence-electron chi connectivity index (χ4n) is 3.25. The van der Waals surface area contributed by atoms with Crippen molar-refractivity contribution in [3.8, 4) is 11.1 Å². The summed E-state index contributed by atoms with van der Waals surface area (Å²) in [6.07, 6.45) is 10.8. The number of anilines is 3. The van der Waals surface area contributed by atoms with Crippen LogP contribution < -0.4 is 10.6 Å². The molecule has 0 amide bonds. The number of imidazole rings is 1. The van der Waals surface area contributed by atoms with Crippen LogP contribution in [0, 0.1) is 6.92 Å². The van der Waals surface area contributed by atoms with Crippen LogP contribution in [0.1, 0.15) is 29.3 Å². The molecular formula is C24H24ClN7O. The number of hydrogen-bond acceptors (Lipinski definition) is 7. The Kier molecular flexibility index (Phi) is 6.95. The molecule has 0 radical (unpaired) electrons. The lowest BCUT2D eigenvalue weighted by Gasteiger charge is -2.14. The fraction of sp³-hybridized carbons (Fsp3) is 0.208. The quantitative estimate of drug-likeness (QED) is 0.333. The van der Waals surface area contributed by atoms with Gasteiger partial charge in [-0.3, -0.25) is 9.78 Å². The Morgan fingerprint density at radius 1 is 1.15 bits per heavy atom. The van der Waals surface area contributed by atoms with E-state index < -0.39 is 0 Å². The minimum absolute atomic E-state index is 0.0365. The monoisotopic (exact) mass is 461 g/mol. The third-order valence-electron chi connectivity index (χ3n) is 5.13. The van der Waals surface area contributed by atoms with Crippen molar-refractivity contribution < 1.29 is 4.79 Å². The zero-order chi connectivity index (χ0) is 23.2. The number of nitrogens with zero attached hydrogens (tertiary/aromatic N) is 5. The molecule has 0 saturated carbocycles. The van der Waals surface area contributed by atoms with Gasteiger partial charge in [0.15, 0.2) is 5.78 Å². The highest BCUT2D eigenvalue weighted by molar-refractivity contribution is 6.31. The molecule has 4 aromatic rings. The van der Waals surface area contributed by atoms with Crippen molar-refractivity contribution in [1.82, 2.24) is 24.5 Å². The van der Waals surface area contributed by atoms with Crippen LogP contribution in [-0.4, -0.2) is 36.8 Å². The molecule has 0 bridgehead atoms. The highest BCUT2D eigenvalue weighted by Crippen LogP contribution is 2.28. The Hall–Kier alpha value is -3.78. The second-order valence-electron chi connectivity index (χ2n) is 7.51. The SMILES string of the molecule is CCC(=O)c1cncc(-c2cnc(Nc3ccc(C)c(Cl)c3)nc2NCCn2ccnc2)c1. The zero-order valence-electron chi connectivity index (χ0n) is 18.4. The maximum Gasteiger partial charge on any atom is 0.229 e. The van der Waals surface area contributed by atoms with Gasteiger partial charge in [-0.25, -0.2) is 9.97 Å². The van der Waals surface area contributed by atoms with Gasteiger partial charge in [-0.2, -0.15) is 4.98 Å². The second kappa shape index (κ2) is 10.2. The first kappa shape index (κ1) is 22.4. The Morgan fingerprint density at radius 3 is 2.79 bits per heavy atom. The topological polar surface area (TPSA) is 97.6 Å². The smallest absolute Gasteiger partial charge is 0.229 e. The third-order valence-corrected chi connectivity index (χ3v) is 5.54. The number of ketones is 1. The van der Waals surface area contributed by atoms with E-state index in [2.05, 4.69) is 25.6 Å². The van der Waals surface area contributed by atoms with Gasteiger partial charge < -0.3 is 15.2 Å². The molecule has 0 aliphatic rings. The van der Waals surface area contributed by atoms with E-state index in [0.717, 1.165) is 22.4 Å². The van der Waals surface area contributed by atoms with Gasteiger partial charge in [0.05, 0.1) is 6.33 Å². The number of rotatable bonds is 9. The number of Topliss-reactive ketones (excluding diaryl/α,β-unsaturated/α-hetero) is 1. The van der Waals surface area contributed by atoms with E-state index >= 15 is 0 Å². The summed E-state index contributed by atoms with van der Waals surface area (Å²) in [6.45, 7) is 5.12. The first-order valence-corrected chi connectivity index (χ1v) is 11.0. The minimum atomic E-state index is 0.0365. The second-order valence-corrected chi connectivity index (χ2v) is 7.92. The summed E-state index contributed by atoms with van der Waals surface area (Å²) in [5.41, 5.74) is 3.88. The Labute approximate surface area is 197 Å². The number of carbonyl (C=O) groups is 1. The van der Waals surface area contributed by atoms with Crippen LogP contribution in [-0.2, 0) is 6.54 Å². The largest absolute Gasteiger partial charge is 0.368 e. The van der Waals surface area contributed by atoms with E-state index in [1.165, 1.54) is 0 Å². The van der Waals surface area contributed by atoms with Crippen molar-refractivity contribution in [2.45, 2.75) is 26.8 Å². The molecule has 4 rings (SSSR count). The number of carbonyl (C=O) groups excluding carboxylic acids is 1. The van der Waals surface area contributed by atoms with Crippen LogP contribution in [0.15, 0.2) is 61.6 Å². The normalized spacial score (nSPS) is 10.8. The average molecular weight is 462 g/mol. The van der Waals surface area contributed by atoms with E-state index in [1.54, 1.807) is 31.1 Å². The molecule has 8 nitrogen and oxygen atoms in total. The number of pyridine rings is 1. The number of aromatic nitrogens is 5. The van der Waals surface area contributed by atoms with Gasteiger partial charge in [0.25, 0.3) is 0 Å². The van der Waals surface area contributed by atoms with Crippen LogP contribution in [0.2, 0.25) is 5.02 Å². The molecular weight excluding hydrogens is 438 g/mol. The van der Waals surface area contributed by atoms with Crippen molar-refractivity contribution in [3.63, 3.8) is 0 Å². The maximum absolute atomic E-state index is 12.2. The summed E-state index contributed by atoms with van der Waals surface area (Å²) in [7, 11) is 0. The van der Waals surface area contributed by atoms with E-state index in [4.69, 9.17) is 16.6 Å². The molecule has 3 heterocycles. The molecule has 168 valence electrons. The molecule has 0 unspecified atom stereocenters. The van der Waals surface area contributed by atoms with Crippen LogP contribution in [0.25, 0.3) is 11.1 Å². The van der Waals surface area contributed by atoms with Crippen LogP contribution >= 0.6 is 11.6 Å². The van der Waals surface area contributed by atoms with Gasteiger partial charge in [-0.15, -0.1) is 0 Å². The lowest BCUT2D eigenvalue weighted by molar-refractivity contribution is 0.0988. The number of hydrogen-bond donors (Lipinski definition) is 2. The molecule has 2 N–H and O–H groups in total. The lowest BCUT2D eigenvalue weighted by atomic mass is 10.1. The highest BCUT2D eigenvalue weighted by Gasteiger charge is 2.13. The van der Waals surface area contributed by atoms with E-state index in [1.807, 2.05) is 48.9 Å². The molecule has 9 heteroatoms. The predicted molar refractivity (Wildman–Crippen MR) is 130 cm³/mol. The van der Waals surface area contributed by atoms with Crippen LogP contribution in [0.4, 0.5) is 17.5 Å². The molecule has 0 saturated heterocycles. The minimum Gasteiger partial charge on any atom is -0.368 e. The van der Waals surface area contributed by atoms with Gasteiger partial charge in [0.1, 0.15) is 5.82 Å².